The monoisotopic (exact) mass is 248 g/mol. The highest BCUT2D eigenvalue weighted by Crippen LogP contribution is 2.13. The first-order chi connectivity index (χ1) is 8.04. The van der Waals surface area contributed by atoms with Crippen molar-refractivity contribution in [2.24, 2.45) is 0 Å². The Morgan fingerprint density at radius 3 is 1.94 bits per heavy atom. The Balaban J connectivity index is 3.14. The molecular weight excluding hydrogens is 226 g/mol. The van der Waals surface area contributed by atoms with Crippen LogP contribution in [-0.4, -0.2) is 17.5 Å². The van der Waals surface area contributed by atoms with E-state index in [0.717, 1.165) is 38.5 Å². The third-order valence-corrected chi connectivity index (χ3v) is 2.70. The summed E-state index contributed by atoms with van der Waals surface area (Å²) in [5.41, 5.74) is 0.266. The number of halogens is 2. The zero-order valence-electron chi connectivity index (χ0n) is 10.3. The number of carboxylic acid groups (broad SMARTS) is 1. The van der Waals surface area contributed by atoms with Crippen LogP contribution in [0.3, 0.4) is 0 Å². The topological polar surface area (TPSA) is 37.3 Å². The fourth-order valence-electron chi connectivity index (χ4n) is 1.63. The summed E-state index contributed by atoms with van der Waals surface area (Å²) in [6.45, 7) is 3.46. The molecule has 0 aromatic heterocycles. The molecule has 0 heterocycles. The summed E-state index contributed by atoms with van der Waals surface area (Å²) >= 11 is 0. The largest absolute Gasteiger partial charge is 0.478 e. The summed E-state index contributed by atoms with van der Waals surface area (Å²) in [5.74, 6) is -0.919. The van der Waals surface area contributed by atoms with Crippen LogP contribution in [0.2, 0.25) is 0 Å². The molecule has 1 N–H and O–H groups in total. The van der Waals surface area contributed by atoms with Crippen molar-refractivity contribution in [3.05, 3.63) is 12.2 Å². The van der Waals surface area contributed by atoms with Gasteiger partial charge in [-0.25, -0.2) is 13.6 Å². The second-order valence-corrected chi connectivity index (χ2v) is 4.31. The fourth-order valence-corrected chi connectivity index (χ4v) is 1.63. The van der Waals surface area contributed by atoms with E-state index in [1.54, 1.807) is 0 Å². The van der Waals surface area contributed by atoms with Crippen LogP contribution in [0.25, 0.3) is 0 Å². The average molecular weight is 248 g/mol. The first-order valence-electron chi connectivity index (χ1n) is 6.23. The lowest BCUT2D eigenvalue weighted by Gasteiger charge is -2.02. The van der Waals surface area contributed by atoms with Crippen molar-refractivity contribution in [1.82, 2.24) is 0 Å². The number of hydrogen-bond acceptors (Lipinski definition) is 1. The van der Waals surface area contributed by atoms with E-state index in [2.05, 4.69) is 6.58 Å². The predicted octanol–water partition coefficient (Wildman–Crippen LogP) is 4.40. The zero-order valence-corrected chi connectivity index (χ0v) is 10.3. The number of aliphatic carboxylic acids is 1. The first-order valence-corrected chi connectivity index (χ1v) is 6.23. The summed E-state index contributed by atoms with van der Waals surface area (Å²) in [6.07, 6.45) is 4.77. The van der Waals surface area contributed by atoms with Crippen molar-refractivity contribution in [2.45, 2.75) is 64.2 Å². The molecular formula is C13H22F2O2. The molecule has 0 aromatic rings. The maximum Gasteiger partial charge on any atom is 0.330 e. The van der Waals surface area contributed by atoms with Crippen molar-refractivity contribution < 1.29 is 18.7 Å². The fraction of sp³-hybridized carbons (Fsp3) is 0.769. The summed E-state index contributed by atoms with van der Waals surface area (Å²) in [7, 11) is 0. The van der Waals surface area contributed by atoms with Gasteiger partial charge in [0.25, 0.3) is 0 Å². The second kappa shape index (κ2) is 10.2. The molecule has 0 amide bonds. The van der Waals surface area contributed by atoms with Gasteiger partial charge in [0.2, 0.25) is 6.43 Å². The number of carboxylic acids is 1. The van der Waals surface area contributed by atoms with Crippen LogP contribution >= 0.6 is 0 Å². The molecule has 2 nitrogen and oxygen atoms in total. The van der Waals surface area contributed by atoms with Crippen LogP contribution in [0, 0.1) is 0 Å². The van der Waals surface area contributed by atoms with E-state index in [0.29, 0.717) is 12.8 Å². The summed E-state index contributed by atoms with van der Waals surface area (Å²) in [5, 5.41) is 8.57. The van der Waals surface area contributed by atoms with Gasteiger partial charge in [-0.05, 0) is 19.3 Å². The molecule has 0 radical (unpaired) electrons. The van der Waals surface area contributed by atoms with Gasteiger partial charge in [-0.15, -0.1) is 0 Å². The van der Waals surface area contributed by atoms with Crippen LogP contribution in [0.15, 0.2) is 12.2 Å². The van der Waals surface area contributed by atoms with Gasteiger partial charge in [-0.1, -0.05) is 38.7 Å². The van der Waals surface area contributed by atoms with Gasteiger partial charge in [0, 0.05) is 12.0 Å². The number of unbranched alkanes of at least 4 members (excludes halogenated alkanes) is 6. The van der Waals surface area contributed by atoms with Crippen molar-refractivity contribution >= 4 is 5.97 Å². The maximum absolute atomic E-state index is 11.8. The minimum absolute atomic E-state index is 0.0123. The molecule has 4 heteroatoms. The zero-order chi connectivity index (χ0) is 13.1. The normalized spacial score (nSPS) is 10.8. The molecule has 0 saturated carbocycles. The van der Waals surface area contributed by atoms with Crippen molar-refractivity contribution in [3.8, 4) is 0 Å². The Hall–Kier alpha value is -0.930. The van der Waals surface area contributed by atoms with E-state index < -0.39 is 12.4 Å². The lowest BCUT2D eigenvalue weighted by atomic mass is 10.0. The van der Waals surface area contributed by atoms with E-state index in [4.69, 9.17) is 5.11 Å². The van der Waals surface area contributed by atoms with E-state index in [9.17, 15) is 13.6 Å². The molecule has 0 unspecified atom stereocenters. The highest BCUT2D eigenvalue weighted by Gasteiger charge is 2.03. The molecule has 0 saturated heterocycles. The summed E-state index contributed by atoms with van der Waals surface area (Å²) < 4.78 is 23.6. The van der Waals surface area contributed by atoms with Crippen LogP contribution in [-0.2, 0) is 4.79 Å². The van der Waals surface area contributed by atoms with Gasteiger partial charge in [0.05, 0.1) is 0 Å². The highest BCUT2D eigenvalue weighted by molar-refractivity contribution is 5.85. The molecule has 0 aliphatic carbocycles. The van der Waals surface area contributed by atoms with Crippen molar-refractivity contribution in [3.63, 3.8) is 0 Å². The Bertz CT molecular complexity index is 227. The number of carbonyl (C=O) groups is 1. The van der Waals surface area contributed by atoms with Crippen molar-refractivity contribution in [2.75, 3.05) is 0 Å². The Labute approximate surface area is 102 Å². The molecule has 0 bridgehead atoms. The molecule has 0 fully saturated rings. The third kappa shape index (κ3) is 11.3. The maximum atomic E-state index is 11.8. The molecule has 0 rings (SSSR count). The smallest absolute Gasteiger partial charge is 0.330 e. The first kappa shape index (κ1) is 16.1. The molecule has 0 aliphatic heterocycles. The van der Waals surface area contributed by atoms with Gasteiger partial charge < -0.3 is 5.11 Å². The quantitative estimate of drug-likeness (QED) is 0.434. The van der Waals surface area contributed by atoms with E-state index in [1.165, 1.54) is 0 Å². The molecule has 0 aliphatic rings. The Morgan fingerprint density at radius 2 is 1.47 bits per heavy atom. The minimum atomic E-state index is -2.17. The number of hydrogen-bond donors (Lipinski definition) is 1. The molecule has 0 aromatic carbocycles. The van der Waals surface area contributed by atoms with Crippen LogP contribution < -0.4 is 0 Å². The summed E-state index contributed by atoms with van der Waals surface area (Å²) in [6, 6.07) is 0. The van der Waals surface area contributed by atoms with Gasteiger partial charge in [0.15, 0.2) is 0 Å². The van der Waals surface area contributed by atoms with Crippen LogP contribution in [0.5, 0.6) is 0 Å². The Morgan fingerprint density at radius 1 is 1.00 bits per heavy atom. The predicted molar refractivity (Wildman–Crippen MR) is 64.3 cm³/mol. The lowest BCUT2D eigenvalue weighted by Crippen LogP contribution is -1.98. The van der Waals surface area contributed by atoms with E-state index in [1.807, 2.05) is 0 Å². The number of alkyl halides is 2. The molecule has 0 spiro atoms. The standard InChI is InChI=1S/C13H22F2O2/c1-11(13(16)17)9-7-5-3-2-4-6-8-10-12(14)15/h12H,1-10H2,(H,16,17). The average Bonchev–Trinajstić information content (AvgIpc) is 2.25. The SMILES string of the molecule is C=C(CCCCCCCCCC(F)F)C(=O)O. The van der Waals surface area contributed by atoms with Gasteiger partial charge >= 0.3 is 5.97 Å². The highest BCUT2D eigenvalue weighted by atomic mass is 19.3. The number of rotatable bonds is 11. The Kier molecular flexibility index (Phi) is 9.68. The molecule has 100 valence electrons. The van der Waals surface area contributed by atoms with Gasteiger partial charge in [0.1, 0.15) is 0 Å². The third-order valence-electron chi connectivity index (χ3n) is 2.70. The second-order valence-electron chi connectivity index (χ2n) is 4.31. The molecule has 0 atom stereocenters. The summed E-state index contributed by atoms with van der Waals surface area (Å²) in [4.78, 5) is 10.4. The van der Waals surface area contributed by atoms with Gasteiger partial charge in [-0.3, -0.25) is 0 Å². The van der Waals surface area contributed by atoms with E-state index in [-0.39, 0.29) is 12.0 Å². The van der Waals surface area contributed by atoms with E-state index >= 15 is 0 Å². The lowest BCUT2D eigenvalue weighted by molar-refractivity contribution is -0.132. The minimum Gasteiger partial charge on any atom is -0.478 e. The van der Waals surface area contributed by atoms with Crippen molar-refractivity contribution in [1.29, 1.82) is 0 Å². The van der Waals surface area contributed by atoms with Crippen LogP contribution in [0.4, 0.5) is 8.78 Å². The van der Waals surface area contributed by atoms with Crippen LogP contribution in [0.1, 0.15) is 57.8 Å². The molecule has 17 heavy (non-hydrogen) atoms. The van der Waals surface area contributed by atoms with Gasteiger partial charge in [-0.2, -0.15) is 0 Å².